The summed E-state index contributed by atoms with van der Waals surface area (Å²) in [5, 5.41) is 5.26. The molecule has 0 aliphatic carbocycles. The number of ketones is 1. The van der Waals surface area contributed by atoms with Gasteiger partial charge in [0.25, 0.3) is 0 Å². The van der Waals surface area contributed by atoms with Crippen LogP contribution in [0.2, 0.25) is 0 Å². The van der Waals surface area contributed by atoms with Gasteiger partial charge in [-0.2, -0.15) is 9.29 Å². The molecule has 0 bridgehead atoms. The summed E-state index contributed by atoms with van der Waals surface area (Å²) in [4.78, 5) is 16.1. The second kappa shape index (κ2) is 9.82. The molecule has 11 heteroatoms. The highest BCUT2D eigenvalue weighted by Crippen LogP contribution is 2.38. The highest BCUT2D eigenvalue weighted by molar-refractivity contribution is 7.89. The van der Waals surface area contributed by atoms with E-state index in [1.165, 1.54) is 4.31 Å². The normalized spacial score (nSPS) is 21.0. The van der Waals surface area contributed by atoms with E-state index >= 15 is 8.78 Å². The molecule has 0 radical (unpaired) electrons. The standard InChI is InChI=1S/C24H27F2N5O3S/c1-14(10-21(32)23-28-24(27)30-29-23)18-12-19(25)17(11-20(18)26)13-31-15(2)8-9-22(35(31,33)34)16-6-4-3-5-7-16/h3-7,11-12,14-15,22H,8-10,13H2,1-2H3,(H3,27,28,29,30)/t14?,15-,22+/m1/s1. The van der Waals surface area contributed by atoms with Crippen molar-refractivity contribution in [3.63, 3.8) is 0 Å². The van der Waals surface area contributed by atoms with E-state index in [0.717, 1.165) is 12.1 Å². The molecular weight excluding hydrogens is 476 g/mol. The number of anilines is 1. The topological polar surface area (TPSA) is 122 Å². The molecule has 0 saturated carbocycles. The summed E-state index contributed by atoms with van der Waals surface area (Å²) >= 11 is 0. The van der Waals surface area contributed by atoms with Crippen molar-refractivity contribution in [1.82, 2.24) is 19.5 Å². The molecule has 1 aliphatic rings. The maximum atomic E-state index is 15.1. The number of carbonyl (C=O) groups is 1. The number of rotatable bonds is 7. The number of sulfonamides is 1. The van der Waals surface area contributed by atoms with Gasteiger partial charge in [-0.3, -0.25) is 9.89 Å². The number of nitrogens with one attached hydrogen (secondary N) is 1. The van der Waals surface area contributed by atoms with E-state index in [2.05, 4.69) is 15.2 Å². The van der Waals surface area contributed by atoms with E-state index in [0.29, 0.717) is 18.4 Å². The summed E-state index contributed by atoms with van der Waals surface area (Å²) in [5.74, 6) is -2.67. The van der Waals surface area contributed by atoms with Crippen molar-refractivity contribution in [2.24, 2.45) is 0 Å². The summed E-state index contributed by atoms with van der Waals surface area (Å²) in [6.07, 6.45) is 0.926. The molecule has 186 valence electrons. The number of nitrogens with zero attached hydrogens (tertiary/aromatic N) is 3. The predicted octanol–water partition coefficient (Wildman–Crippen LogP) is 4.10. The first-order chi connectivity index (χ1) is 16.6. The van der Waals surface area contributed by atoms with Gasteiger partial charge in [0.2, 0.25) is 16.0 Å². The van der Waals surface area contributed by atoms with E-state index in [1.54, 1.807) is 38.1 Å². The zero-order valence-electron chi connectivity index (χ0n) is 19.4. The molecule has 4 rings (SSSR count). The number of Topliss-reactive ketones (excluding diaryl/α,β-unsaturated/α-hetero) is 1. The Morgan fingerprint density at radius 3 is 2.57 bits per heavy atom. The van der Waals surface area contributed by atoms with Crippen LogP contribution in [0.5, 0.6) is 0 Å². The Kier molecular flexibility index (Phi) is 7.00. The van der Waals surface area contributed by atoms with Crippen molar-refractivity contribution >= 4 is 21.8 Å². The van der Waals surface area contributed by atoms with Crippen LogP contribution in [0.25, 0.3) is 0 Å². The van der Waals surface area contributed by atoms with Crippen LogP contribution in [-0.4, -0.2) is 39.7 Å². The molecule has 1 fully saturated rings. The van der Waals surface area contributed by atoms with E-state index in [1.807, 2.05) is 6.07 Å². The van der Waals surface area contributed by atoms with Crippen molar-refractivity contribution < 1.29 is 22.0 Å². The number of H-pyrrole nitrogens is 1. The fourth-order valence-corrected chi connectivity index (χ4v) is 6.69. The molecule has 0 amide bonds. The predicted molar refractivity (Wildman–Crippen MR) is 127 cm³/mol. The summed E-state index contributed by atoms with van der Waals surface area (Å²) in [6.45, 7) is 3.09. The fourth-order valence-electron chi connectivity index (χ4n) is 4.51. The average Bonchev–Trinajstić information content (AvgIpc) is 3.25. The van der Waals surface area contributed by atoms with Crippen molar-refractivity contribution in [3.8, 4) is 0 Å². The van der Waals surface area contributed by atoms with Crippen LogP contribution >= 0.6 is 0 Å². The molecule has 0 spiro atoms. The Balaban J connectivity index is 1.55. The molecule has 2 heterocycles. The van der Waals surface area contributed by atoms with Gasteiger partial charge in [0.15, 0.2) is 11.6 Å². The quantitative estimate of drug-likeness (QED) is 0.468. The Morgan fingerprint density at radius 1 is 1.20 bits per heavy atom. The smallest absolute Gasteiger partial charge is 0.239 e. The molecule has 3 aromatic rings. The molecule has 1 saturated heterocycles. The zero-order valence-corrected chi connectivity index (χ0v) is 20.2. The van der Waals surface area contributed by atoms with Gasteiger partial charge in [-0.05, 0) is 48.9 Å². The first kappa shape index (κ1) is 24.9. The van der Waals surface area contributed by atoms with E-state index in [9.17, 15) is 13.2 Å². The second-order valence-corrected chi connectivity index (χ2v) is 11.0. The molecule has 1 aromatic heterocycles. The third-order valence-electron chi connectivity index (χ3n) is 6.48. The van der Waals surface area contributed by atoms with Crippen molar-refractivity contribution in [2.45, 2.75) is 56.9 Å². The van der Waals surface area contributed by atoms with Crippen molar-refractivity contribution in [2.75, 3.05) is 5.73 Å². The third kappa shape index (κ3) is 5.10. The molecule has 1 unspecified atom stereocenters. The van der Waals surface area contributed by atoms with Gasteiger partial charge in [0, 0.05) is 24.6 Å². The van der Waals surface area contributed by atoms with Crippen LogP contribution in [0.15, 0.2) is 42.5 Å². The number of nitrogens with two attached hydrogens (primary N) is 1. The molecule has 1 aliphatic heterocycles. The van der Waals surface area contributed by atoms with E-state index in [4.69, 9.17) is 5.73 Å². The average molecular weight is 504 g/mol. The summed E-state index contributed by atoms with van der Waals surface area (Å²) in [6, 6.07) is 10.6. The van der Waals surface area contributed by atoms with Gasteiger partial charge in [-0.15, -0.1) is 5.10 Å². The monoisotopic (exact) mass is 503 g/mol. The molecule has 2 aromatic carbocycles. The number of aromatic nitrogens is 3. The third-order valence-corrected chi connectivity index (χ3v) is 8.85. The molecule has 35 heavy (non-hydrogen) atoms. The second-order valence-electron chi connectivity index (χ2n) is 8.95. The summed E-state index contributed by atoms with van der Waals surface area (Å²) in [7, 11) is -3.79. The molecule has 3 N–H and O–H groups in total. The van der Waals surface area contributed by atoms with Crippen LogP contribution in [-0.2, 0) is 16.6 Å². The Morgan fingerprint density at radius 2 is 1.91 bits per heavy atom. The SMILES string of the molecule is CC(CC(=O)c1nc(N)n[nH]1)c1cc(F)c(CN2[C@H](C)CC[C@@H](c3ccccc3)S2(=O)=O)cc1F. The van der Waals surface area contributed by atoms with Gasteiger partial charge in [-0.25, -0.2) is 17.2 Å². The minimum atomic E-state index is -3.79. The van der Waals surface area contributed by atoms with Crippen LogP contribution < -0.4 is 5.73 Å². The first-order valence-corrected chi connectivity index (χ1v) is 12.8. The largest absolute Gasteiger partial charge is 0.366 e. The van der Waals surface area contributed by atoms with Gasteiger partial charge in [-0.1, -0.05) is 37.3 Å². The highest BCUT2D eigenvalue weighted by Gasteiger charge is 2.40. The number of aromatic amines is 1. The maximum absolute atomic E-state index is 15.1. The van der Waals surface area contributed by atoms with Gasteiger partial charge in [0.05, 0.1) is 0 Å². The van der Waals surface area contributed by atoms with E-state index < -0.39 is 38.6 Å². The lowest BCUT2D eigenvalue weighted by molar-refractivity contribution is 0.0965. The Hall–Kier alpha value is -3.18. The van der Waals surface area contributed by atoms with Crippen molar-refractivity contribution in [3.05, 3.63) is 76.6 Å². The van der Waals surface area contributed by atoms with Gasteiger partial charge >= 0.3 is 0 Å². The summed E-state index contributed by atoms with van der Waals surface area (Å²) < 4.78 is 58.2. The number of hydrogen-bond acceptors (Lipinski definition) is 6. The van der Waals surface area contributed by atoms with Gasteiger partial charge < -0.3 is 5.73 Å². The van der Waals surface area contributed by atoms with Crippen LogP contribution in [0.1, 0.15) is 71.6 Å². The number of benzene rings is 2. The Bertz CT molecular complexity index is 1330. The Labute approximate surface area is 202 Å². The highest BCUT2D eigenvalue weighted by atomic mass is 32.2. The summed E-state index contributed by atoms with van der Waals surface area (Å²) in [5.41, 5.74) is 6.04. The zero-order chi connectivity index (χ0) is 25.3. The molecule has 3 atom stereocenters. The van der Waals surface area contributed by atoms with Gasteiger partial charge in [0.1, 0.15) is 16.9 Å². The van der Waals surface area contributed by atoms with Crippen LogP contribution in [0.3, 0.4) is 0 Å². The van der Waals surface area contributed by atoms with Crippen LogP contribution in [0, 0.1) is 11.6 Å². The minimum Gasteiger partial charge on any atom is -0.366 e. The molecule has 8 nitrogen and oxygen atoms in total. The number of halogens is 2. The number of hydrogen-bond donors (Lipinski definition) is 2. The number of carbonyl (C=O) groups excluding carboxylic acids is 1. The lowest BCUT2D eigenvalue weighted by Crippen LogP contribution is -2.44. The van der Waals surface area contributed by atoms with Crippen molar-refractivity contribution in [1.29, 1.82) is 0 Å². The first-order valence-electron chi connectivity index (χ1n) is 11.3. The number of nitrogen functional groups attached to an aromatic ring is 1. The maximum Gasteiger partial charge on any atom is 0.239 e. The molecular formula is C24H27F2N5O3S. The lowest BCUT2D eigenvalue weighted by atomic mass is 9.93. The lowest BCUT2D eigenvalue weighted by Gasteiger charge is -2.37. The fraction of sp³-hybridized carbons (Fsp3) is 0.375. The van der Waals surface area contributed by atoms with E-state index in [-0.39, 0.29) is 41.9 Å². The minimum absolute atomic E-state index is 0.0174. The van der Waals surface area contributed by atoms with Crippen LogP contribution in [0.4, 0.5) is 14.7 Å².